The molecular formula is C13H17ClN6O2. The number of hydrogen-bond acceptors (Lipinski definition) is 6. The summed E-state index contributed by atoms with van der Waals surface area (Å²) in [4.78, 5) is 24.9. The fourth-order valence-electron chi connectivity index (χ4n) is 1.86. The van der Waals surface area contributed by atoms with Crippen molar-refractivity contribution in [1.82, 2.24) is 25.5 Å². The van der Waals surface area contributed by atoms with Crippen LogP contribution in [0.4, 0.5) is 0 Å². The number of hydrogen-bond donors (Lipinski definition) is 2. The molecule has 22 heavy (non-hydrogen) atoms. The number of benzene rings is 1. The first-order chi connectivity index (χ1) is 10.2. The van der Waals surface area contributed by atoms with Crippen LogP contribution in [-0.2, 0) is 22.6 Å². The number of rotatable bonds is 7. The standard InChI is InChI=1S/C13H16N6O2.ClH/c14-7-13(21)17-11(6-10-4-2-1-3-5-10)12(20)8-19-16-9-15-18-19;/h1-5,9,11H,6-8,14H2,(H,17,21);1H. The first-order valence-electron chi connectivity index (χ1n) is 6.46. The second-order valence-electron chi connectivity index (χ2n) is 4.45. The lowest BCUT2D eigenvalue weighted by atomic mass is 10.0. The molecule has 0 aliphatic carbocycles. The zero-order valence-electron chi connectivity index (χ0n) is 11.8. The average molecular weight is 325 g/mol. The van der Waals surface area contributed by atoms with Gasteiger partial charge in [0.05, 0.1) is 12.6 Å². The van der Waals surface area contributed by atoms with E-state index in [-0.39, 0.29) is 37.2 Å². The van der Waals surface area contributed by atoms with Gasteiger partial charge in [-0.25, -0.2) is 0 Å². The Labute approximate surface area is 133 Å². The lowest BCUT2D eigenvalue weighted by Crippen LogP contribution is -2.46. The number of tetrazole rings is 1. The summed E-state index contributed by atoms with van der Waals surface area (Å²) in [5.41, 5.74) is 6.23. The van der Waals surface area contributed by atoms with E-state index in [0.29, 0.717) is 6.42 Å². The SMILES string of the molecule is Cl.NCC(=O)NC(Cc1ccccc1)C(=O)Cn1ncnn1. The number of halogens is 1. The molecule has 0 aliphatic heterocycles. The Morgan fingerprint density at radius 3 is 2.59 bits per heavy atom. The molecule has 0 bridgehead atoms. The van der Waals surface area contributed by atoms with Gasteiger partial charge in [-0.05, 0) is 17.2 Å². The largest absolute Gasteiger partial charge is 0.345 e. The van der Waals surface area contributed by atoms with Crippen LogP contribution >= 0.6 is 12.4 Å². The third-order valence-electron chi connectivity index (χ3n) is 2.88. The normalized spacial score (nSPS) is 11.3. The van der Waals surface area contributed by atoms with Crippen molar-refractivity contribution in [2.24, 2.45) is 5.73 Å². The molecule has 1 aromatic carbocycles. The Kier molecular flexibility index (Phi) is 7.14. The number of ketones is 1. The van der Waals surface area contributed by atoms with Gasteiger partial charge in [0, 0.05) is 0 Å². The van der Waals surface area contributed by atoms with Gasteiger partial charge < -0.3 is 11.1 Å². The highest BCUT2D eigenvalue weighted by Gasteiger charge is 2.21. The quantitative estimate of drug-likeness (QED) is 0.699. The Morgan fingerprint density at radius 2 is 2.00 bits per heavy atom. The molecule has 1 heterocycles. The maximum atomic E-state index is 12.3. The van der Waals surface area contributed by atoms with E-state index < -0.39 is 6.04 Å². The number of carbonyl (C=O) groups excluding carboxylic acids is 2. The summed E-state index contributed by atoms with van der Waals surface area (Å²) < 4.78 is 0. The van der Waals surface area contributed by atoms with E-state index in [9.17, 15) is 9.59 Å². The van der Waals surface area contributed by atoms with Crippen LogP contribution in [0.25, 0.3) is 0 Å². The highest BCUT2D eigenvalue weighted by molar-refractivity contribution is 5.89. The Bertz CT molecular complexity index is 590. The van der Waals surface area contributed by atoms with Crippen LogP contribution in [0, 0.1) is 0 Å². The lowest BCUT2D eigenvalue weighted by molar-refractivity contribution is -0.127. The topological polar surface area (TPSA) is 116 Å². The molecule has 2 aromatic rings. The van der Waals surface area contributed by atoms with Gasteiger partial charge in [-0.1, -0.05) is 30.3 Å². The molecular weight excluding hydrogens is 308 g/mol. The van der Waals surface area contributed by atoms with E-state index in [0.717, 1.165) is 5.56 Å². The van der Waals surface area contributed by atoms with Crippen LogP contribution in [0.5, 0.6) is 0 Å². The Balaban J connectivity index is 0.00000242. The van der Waals surface area contributed by atoms with Crippen molar-refractivity contribution in [3.63, 3.8) is 0 Å². The van der Waals surface area contributed by atoms with Crippen LogP contribution < -0.4 is 11.1 Å². The highest BCUT2D eigenvalue weighted by atomic mass is 35.5. The molecule has 0 saturated heterocycles. The van der Waals surface area contributed by atoms with Crippen molar-refractivity contribution < 1.29 is 9.59 Å². The van der Waals surface area contributed by atoms with E-state index in [4.69, 9.17) is 5.73 Å². The summed E-state index contributed by atoms with van der Waals surface area (Å²) in [5, 5.41) is 13.6. The lowest BCUT2D eigenvalue weighted by Gasteiger charge is -2.17. The smallest absolute Gasteiger partial charge is 0.234 e. The highest BCUT2D eigenvalue weighted by Crippen LogP contribution is 2.05. The minimum atomic E-state index is -0.672. The van der Waals surface area contributed by atoms with Crippen LogP contribution in [0.3, 0.4) is 0 Å². The zero-order valence-corrected chi connectivity index (χ0v) is 12.6. The van der Waals surface area contributed by atoms with Gasteiger partial charge in [0.25, 0.3) is 0 Å². The van der Waals surface area contributed by atoms with Gasteiger partial charge >= 0.3 is 0 Å². The minimum absolute atomic E-state index is 0. The van der Waals surface area contributed by atoms with Crippen molar-refractivity contribution in [2.45, 2.75) is 19.0 Å². The van der Waals surface area contributed by atoms with Crippen LogP contribution in [0.2, 0.25) is 0 Å². The number of aromatic nitrogens is 4. The molecule has 0 aliphatic rings. The maximum Gasteiger partial charge on any atom is 0.234 e. The number of nitrogens with one attached hydrogen (secondary N) is 1. The molecule has 0 spiro atoms. The van der Waals surface area contributed by atoms with Gasteiger partial charge in [0.15, 0.2) is 12.1 Å². The predicted octanol–water partition coefficient (Wildman–Crippen LogP) is -0.650. The minimum Gasteiger partial charge on any atom is -0.345 e. The van der Waals surface area contributed by atoms with Gasteiger partial charge in [-0.3, -0.25) is 9.59 Å². The number of amides is 1. The summed E-state index contributed by atoms with van der Waals surface area (Å²) >= 11 is 0. The fourth-order valence-corrected chi connectivity index (χ4v) is 1.86. The van der Waals surface area contributed by atoms with Gasteiger partial charge in [0.2, 0.25) is 5.91 Å². The van der Waals surface area contributed by atoms with Gasteiger partial charge in [-0.2, -0.15) is 4.80 Å². The molecule has 9 heteroatoms. The number of nitrogens with two attached hydrogens (primary N) is 1. The van der Waals surface area contributed by atoms with E-state index in [1.807, 2.05) is 30.3 Å². The van der Waals surface area contributed by atoms with E-state index in [2.05, 4.69) is 20.7 Å². The Hall–Kier alpha value is -2.32. The second kappa shape index (κ2) is 8.85. The molecule has 1 atom stereocenters. The van der Waals surface area contributed by atoms with E-state index in [1.165, 1.54) is 11.1 Å². The molecule has 0 radical (unpaired) electrons. The summed E-state index contributed by atoms with van der Waals surface area (Å²) in [6.45, 7) is -0.220. The zero-order chi connectivity index (χ0) is 15.1. The molecule has 0 fully saturated rings. The van der Waals surface area contributed by atoms with Crippen molar-refractivity contribution in [3.05, 3.63) is 42.2 Å². The summed E-state index contributed by atoms with van der Waals surface area (Å²) in [5.74, 6) is -0.588. The first kappa shape index (κ1) is 17.7. The summed E-state index contributed by atoms with van der Waals surface area (Å²) in [7, 11) is 0. The second-order valence-corrected chi connectivity index (χ2v) is 4.45. The van der Waals surface area contributed by atoms with Crippen molar-refractivity contribution >= 4 is 24.1 Å². The molecule has 1 unspecified atom stereocenters. The third-order valence-corrected chi connectivity index (χ3v) is 2.88. The summed E-state index contributed by atoms with van der Waals surface area (Å²) in [6, 6.07) is 8.75. The molecule has 2 rings (SSSR count). The molecule has 8 nitrogen and oxygen atoms in total. The number of Topliss-reactive ketones (excluding diaryl/α,β-unsaturated/α-hetero) is 1. The monoisotopic (exact) mass is 324 g/mol. The van der Waals surface area contributed by atoms with Crippen molar-refractivity contribution in [2.75, 3.05) is 6.54 Å². The first-order valence-corrected chi connectivity index (χ1v) is 6.46. The number of nitrogens with zero attached hydrogens (tertiary/aromatic N) is 4. The molecule has 118 valence electrons. The number of carbonyl (C=O) groups is 2. The third kappa shape index (κ3) is 5.23. The molecule has 0 saturated carbocycles. The maximum absolute atomic E-state index is 12.3. The molecule has 1 aromatic heterocycles. The van der Waals surface area contributed by atoms with Crippen molar-refractivity contribution in [3.8, 4) is 0 Å². The van der Waals surface area contributed by atoms with Crippen LogP contribution in [0.15, 0.2) is 36.7 Å². The summed E-state index contributed by atoms with van der Waals surface area (Å²) in [6.07, 6.45) is 1.64. The van der Waals surface area contributed by atoms with Gasteiger partial charge in [-0.15, -0.1) is 22.6 Å². The van der Waals surface area contributed by atoms with Crippen molar-refractivity contribution in [1.29, 1.82) is 0 Å². The van der Waals surface area contributed by atoms with E-state index in [1.54, 1.807) is 0 Å². The fraction of sp³-hybridized carbons (Fsp3) is 0.308. The average Bonchev–Trinajstić information content (AvgIpc) is 3.00. The van der Waals surface area contributed by atoms with Crippen LogP contribution in [-0.4, -0.2) is 44.5 Å². The Morgan fingerprint density at radius 1 is 1.27 bits per heavy atom. The van der Waals surface area contributed by atoms with Crippen LogP contribution in [0.1, 0.15) is 5.56 Å². The van der Waals surface area contributed by atoms with E-state index >= 15 is 0 Å². The van der Waals surface area contributed by atoms with Gasteiger partial charge in [0.1, 0.15) is 6.54 Å². The molecule has 1 amide bonds. The predicted molar refractivity (Wildman–Crippen MR) is 81.2 cm³/mol. The molecule has 3 N–H and O–H groups in total.